The van der Waals surface area contributed by atoms with Crippen molar-refractivity contribution in [2.75, 3.05) is 26.2 Å². The summed E-state index contributed by atoms with van der Waals surface area (Å²) in [6.07, 6.45) is 6.11. The largest absolute Gasteiger partial charge is 0.325 e. The number of amides is 2. The third-order valence-corrected chi connectivity index (χ3v) is 4.08. The zero-order chi connectivity index (χ0) is 13.0. The maximum Gasteiger partial charge on any atom is 0.320 e. The molecule has 0 radical (unpaired) electrons. The van der Waals surface area contributed by atoms with E-state index < -0.39 is 0 Å². The molecule has 0 aliphatic carbocycles. The zero-order valence-electron chi connectivity index (χ0n) is 11.8. The van der Waals surface area contributed by atoms with Gasteiger partial charge in [0.25, 0.3) is 0 Å². The first kappa shape index (κ1) is 13.7. The van der Waals surface area contributed by atoms with Crippen molar-refractivity contribution < 1.29 is 4.79 Å². The van der Waals surface area contributed by atoms with Gasteiger partial charge in [0.1, 0.15) is 0 Å². The summed E-state index contributed by atoms with van der Waals surface area (Å²) in [7, 11) is 0. The van der Waals surface area contributed by atoms with Crippen molar-refractivity contribution in [1.82, 2.24) is 15.1 Å². The molecule has 2 aliphatic heterocycles. The van der Waals surface area contributed by atoms with Crippen LogP contribution in [0.5, 0.6) is 0 Å². The Kier molecular flexibility index (Phi) is 4.87. The number of carbonyl (C=O) groups is 1. The van der Waals surface area contributed by atoms with Crippen molar-refractivity contribution in [2.45, 2.75) is 58.0 Å². The molecule has 2 rings (SSSR count). The fourth-order valence-electron chi connectivity index (χ4n) is 2.92. The zero-order valence-corrected chi connectivity index (χ0v) is 11.8. The fourth-order valence-corrected chi connectivity index (χ4v) is 2.92. The van der Waals surface area contributed by atoms with Crippen LogP contribution < -0.4 is 5.32 Å². The Hall–Kier alpha value is -0.770. The van der Waals surface area contributed by atoms with Crippen LogP contribution in [0.4, 0.5) is 4.79 Å². The molecule has 2 aliphatic rings. The van der Waals surface area contributed by atoms with Crippen LogP contribution in [0.1, 0.15) is 46.0 Å². The Balaban J connectivity index is 1.91. The molecule has 0 aromatic carbocycles. The van der Waals surface area contributed by atoms with E-state index in [0.29, 0.717) is 12.1 Å². The minimum absolute atomic E-state index is 0.245. The number of hydrogen-bond acceptors (Lipinski definition) is 2. The lowest BCUT2D eigenvalue weighted by Gasteiger charge is -2.35. The highest BCUT2D eigenvalue weighted by Gasteiger charge is 2.27. The monoisotopic (exact) mass is 253 g/mol. The standard InChI is InChI=1S/C14H27N3O/c1-12(2)17(11-13-7-3-4-8-15-13)14(18)16-9-5-6-10-16/h12-13,15H,3-11H2,1-2H3. The molecule has 0 spiro atoms. The second-order valence-electron chi connectivity index (χ2n) is 5.87. The van der Waals surface area contributed by atoms with Gasteiger partial charge in [-0.15, -0.1) is 0 Å². The molecule has 2 amide bonds. The van der Waals surface area contributed by atoms with Crippen molar-refractivity contribution in [3.8, 4) is 0 Å². The summed E-state index contributed by atoms with van der Waals surface area (Å²) in [4.78, 5) is 16.6. The summed E-state index contributed by atoms with van der Waals surface area (Å²) in [6, 6.07) is 1.03. The molecule has 2 heterocycles. The SMILES string of the molecule is CC(C)N(CC1CCCCN1)C(=O)N1CCCC1. The van der Waals surface area contributed by atoms with Crippen LogP contribution >= 0.6 is 0 Å². The molecule has 1 atom stereocenters. The number of urea groups is 1. The second kappa shape index (κ2) is 6.41. The van der Waals surface area contributed by atoms with Gasteiger partial charge >= 0.3 is 6.03 Å². The Bertz CT molecular complexity index is 268. The van der Waals surface area contributed by atoms with E-state index in [1.54, 1.807) is 0 Å². The van der Waals surface area contributed by atoms with Crippen molar-refractivity contribution >= 4 is 6.03 Å². The number of rotatable bonds is 3. The van der Waals surface area contributed by atoms with Crippen molar-refractivity contribution in [3.63, 3.8) is 0 Å². The van der Waals surface area contributed by atoms with E-state index >= 15 is 0 Å². The summed E-state index contributed by atoms with van der Waals surface area (Å²) < 4.78 is 0. The minimum Gasteiger partial charge on any atom is -0.325 e. The van der Waals surface area contributed by atoms with Crippen LogP contribution in [0.15, 0.2) is 0 Å². The second-order valence-corrected chi connectivity index (χ2v) is 5.87. The van der Waals surface area contributed by atoms with Crippen LogP contribution in [-0.2, 0) is 0 Å². The molecule has 104 valence electrons. The fraction of sp³-hybridized carbons (Fsp3) is 0.929. The van der Waals surface area contributed by atoms with E-state index in [9.17, 15) is 4.79 Å². The summed E-state index contributed by atoms with van der Waals surface area (Å²) >= 11 is 0. The van der Waals surface area contributed by atoms with Gasteiger partial charge in [-0.1, -0.05) is 6.42 Å². The average Bonchev–Trinajstić information content (AvgIpc) is 2.90. The Morgan fingerprint density at radius 2 is 2.00 bits per heavy atom. The maximum atomic E-state index is 12.5. The van der Waals surface area contributed by atoms with E-state index in [0.717, 1.165) is 26.2 Å². The van der Waals surface area contributed by atoms with Crippen LogP contribution in [0.25, 0.3) is 0 Å². The summed E-state index contributed by atoms with van der Waals surface area (Å²) in [6.45, 7) is 8.11. The Morgan fingerprint density at radius 1 is 1.28 bits per heavy atom. The van der Waals surface area contributed by atoms with Gasteiger partial charge in [0.2, 0.25) is 0 Å². The highest BCUT2D eigenvalue weighted by molar-refractivity contribution is 5.75. The predicted molar refractivity (Wildman–Crippen MR) is 73.7 cm³/mol. The molecule has 1 N–H and O–H groups in total. The molecule has 0 aromatic heterocycles. The van der Waals surface area contributed by atoms with Gasteiger partial charge in [-0.05, 0) is 46.1 Å². The lowest BCUT2D eigenvalue weighted by molar-refractivity contribution is 0.139. The van der Waals surface area contributed by atoms with Gasteiger partial charge in [-0.2, -0.15) is 0 Å². The van der Waals surface area contributed by atoms with Gasteiger partial charge in [0.15, 0.2) is 0 Å². The lowest BCUT2D eigenvalue weighted by Crippen LogP contribution is -2.52. The topological polar surface area (TPSA) is 35.6 Å². The van der Waals surface area contributed by atoms with Crippen LogP contribution in [0.2, 0.25) is 0 Å². The van der Waals surface area contributed by atoms with Gasteiger partial charge in [-0.3, -0.25) is 0 Å². The number of carbonyl (C=O) groups excluding carboxylic acids is 1. The molecule has 2 saturated heterocycles. The third kappa shape index (κ3) is 3.37. The lowest BCUT2D eigenvalue weighted by atomic mass is 10.0. The number of hydrogen-bond donors (Lipinski definition) is 1. The molecule has 4 heteroatoms. The van der Waals surface area contributed by atoms with Crippen molar-refractivity contribution in [3.05, 3.63) is 0 Å². The molecule has 4 nitrogen and oxygen atoms in total. The first-order chi connectivity index (χ1) is 8.68. The Morgan fingerprint density at radius 3 is 2.56 bits per heavy atom. The first-order valence-corrected chi connectivity index (χ1v) is 7.47. The molecular weight excluding hydrogens is 226 g/mol. The van der Waals surface area contributed by atoms with Crippen LogP contribution in [0, 0.1) is 0 Å². The van der Waals surface area contributed by atoms with E-state index in [-0.39, 0.29) is 6.03 Å². The van der Waals surface area contributed by atoms with Gasteiger partial charge < -0.3 is 15.1 Å². The number of nitrogens with zero attached hydrogens (tertiary/aromatic N) is 2. The van der Waals surface area contributed by atoms with Gasteiger partial charge in [0.05, 0.1) is 0 Å². The summed E-state index contributed by atoms with van der Waals surface area (Å²) in [5, 5.41) is 3.54. The maximum absolute atomic E-state index is 12.5. The highest BCUT2D eigenvalue weighted by atomic mass is 16.2. The van der Waals surface area contributed by atoms with Crippen LogP contribution in [0.3, 0.4) is 0 Å². The molecule has 2 fully saturated rings. The molecule has 1 unspecified atom stereocenters. The number of likely N-dealkylation sites (tertiary alicyclic amines) is 1. The quantitative estimate of drug-likeness (QED) is 0.835. The van der Waals surface area contributed by atoms with Crippen molar-refractivity contribution in [1.29, 1.82) is 0 Å². The van der Waals surface area contributed by atoms with E-state index in [2.05, 4.69) is 19.2 Å². The third-order valence-electron chi connectivity index (χ3n) is 4.08. The van der Waals surface area contributed by atoms with Crippen molar-refractivity contribution in [2.24, 2.45) is 0 Å². The smallest absolute Gasteiger partial charge is 0.320 e. The minimum atomic E-state index is 0.245. The summed E-state index contributed by atoms with van der Waals surface area (Å²) in [5.74, 6) is 0. The number of nitrogens with one attached hydrogen (secondary N) is 1. The highest BCUT2D eigenvalue weighted by Crippen LogP contribution is 2.15. The predicted octanol–water partition coefficient (Wildman–Crippen LogP) is 2.05. The van der Waals surface area contributed by atoms with Crippen LogP contribution in [-0.4, -0.2) is 54.1 Å². The molecule has 0 aromatic rings. The molecular formula is C14H27N3O. The normalized spacial score (nSPS) is 24.6. The Labute approximate surface area is 111 Å². The average molecular weight is 253 g/mol. The molecule has 18 heavy (non-hydrogen) atoms. The van der Waals surface area contributed by atoms with Gasteiger partial charge in [-0.25, -0.2) is 4.79 Å². The molecule has 0 saturated carbocycles. The van der Waals surface area contributed by atoms with E-state index in [1.165, 1.54) is 32.1 Å². The molecule has 0 bridgehead atoms. The van der Waals surface area contributed by atoms with Gasteiger partial charge in [0, 0.05) is 31.7 Å². The number of piperidine rings is 1. The summed E-state index contributed by atoms with van der Waals surface area (Å²) in [5.41, 5.74) is 0. The van der Waals surface area contributed by atoms with E-state index in [1.807, 2.05) is 9.80 Å². The first-order valence-electron chi connectivity index (χ1n) is 7.47. The van der Waals surface area contributed by atoms with E-state index in [4.69, 9.17) is 0 Å².